The van der Waals surface area contributed by atoms with E-state index in [-0.39, 0.29) is 18.2 Å². The van der Waals surface area contributed by atoms with Crippen LogP contribution in [0.15, 0.2) is 96.8 Å². The molecule has 0 N–H and O–H groups in total. The Morgan fingerprint density at radius 3 is 1.90 bits per heavy atom. The summed E-state index contributed by atoms with van der Waals surface area (Å²) in [6, 6.07) is 29.5. The average Bonchev–Trinajstić information content (AvgIpc) is 3.13. The van der Waals surface area contributed by atoms with Gasteiger partial charge in [-0.1, -0.05) is 60.7 Å². The van der Waals surface area contributed by atoms with E-state index in [1.807, 2.05) is 12.1 Å². The molecule has 0 unspecified atom stereocenters. The highest BCUT2D eigenvalue weighted by Crippen LogP contribution is 2.47. The summed E-state index contributed by atoms with van der Waals surface area (Å²) >= 11 is 0. The quantitative estimate of drug-likeness (QED) is 0.496. The lowest BCUT2D eigenvalue weighted by Crippen LogP contribution is -2.28. The zero-order valence-electron chi connectivity index (χ0n) is 17.2. The number of ether oxygens (including phenoxy) is 2. The van der Waals surface area contributed by atoms with E-state index in [9.17, 15) is 0 Å². The summed E-state index contributed by atoms with van der Waals surface area (Å²) < 4.78 is 11.7. The van der Waals surface area contributed by atoms with Gasteiger partial charge in [-0.15, -0.1) is 0 Å². The molecule has 4 rings (SSSR count). The first-order valence-corrected chi connectivity index (χ1v) is 10.1. The number of methoxy groups -OCH3 is 1. The van der Waals surface area contributed by atoms with Crippen LogP contribution in [0.2, 0.25) is 0 Å². The molecule has 1 heterocycles. The number of nitrogens with zero attached hydrogens (tertiary/aromatic N) is 1. The Balaban J connectivity index is 1.84. The molecule has 0 radical (unpaired) electrons. The van der Waals surface area contributed by atoms with Crippen LogP contribution in [0.3, 0.4) is 0 Å². The van der Waals surface area contributed by atoms with E-state index in [2.05, 4.69) is 97.6 Å². The molecule has 29 heavy (non-hydrogen) atoms. The Morgan fingerprint density at radius 1 is 0.759 bits per heavy atom. The molecule has 3 heteroatoms. The van der Waals surface area contributed by atoms with Gasteiger partial charge in [-0.2, -0.15) is 0 Å². The molecule has 0 fully saturated rings. The van der Waals surface area contributed by atoms with Gasteiger partial charge in [0.05, 0.1) is 19.3 Å². The molecule has 0 spiro atoms. The standard InChI is InChI=1S/C26H27NO2/c1-19(2)29-25-18-24(20-10-6-4-7-11-20)27(22-14-16-23(28-3)17-15-22)26(25)21-12-8-5-9-13-21/h4-19,24,26H,1-3H3/t24-,26+/m0/s1. The van der Waals surface area contributed by atoms with E-state index >= 15 is 0 Å². The van der Waals surface area contributed by atoms with Gasteiger partial charge in [0.2, 0.25) is 0 Å². The summed E-state index contributed by atoms with van der Waals surface area (Å²) in [6.07, 6.45) is 2.37. The number of hydrogen-bond donors (Lipinski definition) is 0. The monoisotopic (exact) mass is 385 g/mol. The number of hydrogen-bond acceptors (Lipinski definition) is 3. The van der Waals surface area contributed by atoms with Gasteiger partial charge in [-0.25, -0.2) is 0 Å². The molecule has 3 nitrogen and oxygen atoms in total. The van der Waals surface area contributed by atoms with Crippen molar-refractivity contribution < 1.29 is 9.47 Å². The maximum Gasteiger partial charge on any atom is 0.122 e. The first kappa shape index (κ1) is 19.1. The van der Waals surface area contributed by atoms with E-state index in [1.165, 1.54) is 11.1 Å². The van der Waals surface area contributed by atoms with Crippen LogP contribution in [-0.4, -0.2) is 13.2 Å². The number of benzene rings is 3. The molecular formula is C26H27NO2. The lowest BCUT2D eigenvalue weighted by Gasteiger charge is -2.34. The largest absolute Gasteiger partial charge is 0.497 e. The smallest absolute Gasteiger partial charge is 0.122 e. The van der Waals surface area contributed by atoms with Gasteiger partial charge in [0.15, 0.2) is 0 Å². The van der Waals surface area contributed by atoms with E-state index in [0.717, 1.165) is 17.2 Å². The van der Waals surface area contributed by atoms with Crippen molar-refractivity contribution in [3.8, 4) is 5.75 Å². The Morgan fingerprint density at radius 2 is 1.34 bits per heavy atom. The van der Waals surface area contributed by atoms with Crippen LogP contribution in [0.1, 0.15) is 37.1 Å². The Bertz CT molecular complexity index is 949. The summed E-state index contributed by atoms with van der Waals surface area (Å²) in [4.78, 5) is 2.43. The molecule has 2 atom stereocenters. The van der Waals surface area contributed by atoms with Crippen LogP contribution >= 0.6 is 0 Å². The summed E-state index contributed by atoms with van der Waals surface area (Å²) in [6.45, 7) is 4.16. The van der Waals surface area contributed by atoms with Crippen molar-refractivity contribution in [3.63, 3.8) is 0 Å². The minimum absolute atomic E-state index is 0.0113. The molecular weight excluding hydrogens is 358 g/mol. The minimum Gasteiger partial charge on any atom is -0.497 e. The molecule has 0 aliphatic carbocycles. The van der Waals surface area contributed by atoms with Gasteiger partial charge < -0.3 is 14.4 Å². The highest BCUT2D eigenvalue weighted by atomic mass is 16.5. The van der Waals surface area contributed by atoms with Crippen LogP contribution in [-0.2, 0) is 4.74 Å². The second-order valence-corrected chi connectivity index (χ2v) is 7.51. The van der Waals surface area contributed by atoms with Crippen molar-refractivity contribution in [2.45, 2.75) is 32.0 Å². The first-order valence-electron chi connectivity index (χ1n) is 10.1. The molecule has 0 bridgehead atoms. The van der Waals surface area contributed by atoms with Crippen molar-refractivity contribution in [1.82, 2.24) is 0 Å². The average molecular weight is 386 g/mol. The summed E-state index contributed by atoms with van der Waals surface area (Å²) in [5.41, 5.74) is 3.59. The maximum absolute atomic E-state index is 6.32. The second-order valence-electron chi connectivity index (χ2n) is 7.51. The van der Waals surface area contributed by atoms with E-state index in [0.29, 0.717) is 0 Å². The summed E-state index contributed by atoms with van der Waals surface area (Å²) in [7, 11) is 1.69. The fourth-order valence-corrected chi connectivity index (χ4v) is 3.93. The fraction of sp³-hybridized carbons (Fsp3) is 0.231. The maximum atomic E-state index is 6.32. The van der Waals surface area contributed by atoms with Gasteiger partial charge in [0.25, 0.3) is 0 Å². The molecule has 1 aliphatic heterocycles. The topological polar surface area (TPSA) is 21.7 Å². The minimum atomic E-state index is 0.0113. The van der Waals surface area contributed by atoms with Gasteiger partial charge in [-0.3, -0.25) is 0 Å². The van der Waals surface area contributed by atoms with Crippen LogP contribution in [0.25, 0.3) is 0 Å². The fourth-order valence-electron chi connectivity index (χ4n) is 3.93. The SMILES string of the molecule is COc1ccc(N2[C@H](c3ccccc3)C=C(OC(C)C)[C@H]2c2ccccc2)cc1. The Hall–Kier alpha value is -3.20. The van der Waals surface area contributed by atoms with Crippen LogP contribution < -0.4 is 9.64 Å². The van der Waals surface area contributed by atoms with Gasteiger partial charge >= 0.3 is 0 Å². The summed E-state index contributed by atoms with van der Waals surface area (Å²) in [5, 5.41) is 0. The third-order valence-electron chi connectivity index (χ3n) is 5.17. The lowest BCUT2D eigenvalue weighted by atomic mass is 10.0. The van der Waals surface area contributed by atoms with E-state index in [1.54, 1.807) is 7.11 Å². The second kappa shape index (κ2) is 8.44. The van der Waals surface area contributed by atoms with Crippen molar-refractivity contribution in [1.29, 1.82) is 0 Å². The zero-order chi connectivity index (χ0) is 20.2. The molecule has 0 aromatic heterocycles. The molecule has 148 valence electrons. The van der Waals surface area contributed by atoms with Crippen molar-refractivity contribution in [2.24, 2.45) is 0 Å². The van der Waals surface area contributed by atoms with E-state index < -0.39 is 0 Å². The number of anilines is 1. The van der Waals surface area contributed by atoms with Crippen LogP contribution in [0, 0.1) is 0 Å². The highest BCUT2D eigenvalue weighted by molar-refractivity contribution is 5.59. The molecule has 3 aromatic rings. The third kappa shape index (κ3) is 4.00. The molecule has 1 aliphatic rings. The van der Waals surface area contributed by atoms with Crippen molar-refractivity contribution in [2.75, 3.05) is 12.0 Å². The zero-order valence-corrected chi connectivity index (χ0v) is 17.2. The Labute approximate surface area is 173 Å². The molecule has 0 amide bonds. The normalized spacial score (nSPS) is 18.6. The molecule has 0 saturated heterocycles. The molecule has 0 saturated carbocycles. The summed E-state index contributed by atoms with van der Waals surface area (Å²) in [5.74, 6) is 1.85. The lowest BCUT2D eigenvalue weighted by molar-refractivity contribution is 0.136. The van der Waals surface area contributed by atoms with Gasteiger partial charge in [-0.05, 0) is 55.3 Å². The predicted octanol–water partition coefficient (Wildman–Crippen LogP) is 6.31. The van der Waals surface area contributed by atoms with E-state index in [4.69, 9.17) is 9.47 Å². The van der Waals surface area contributed by atoms with Crippen molar-refractivity contribution in [3.05, 3.63) is 108 Å². The van der Waals surface area contributed by atoms with Crippen LogP contribution in [0.5, 0.6) is 5.75 Å². The highest BCUT2D eigenvalue weighted by Gasteiger charge is 2.38. The third-order valence-corrected chi connectivity index (χ3v) is 5.17. The first-order chi connectivity index (χ1) is 14.2. The van der Waals surface area contributed by atoms with Gasteiger partial charge in [0, 0.05) is 5.69 Å². The predicted molar refractivity (Wildman–Crippen MR) is 118 cm³/mol. The molecule has 3 aromatic carbocycles. The van der Waals surface area contributed by atoms with Crippen LogP contribution in [0.4, 0.5) is 5.69 Å². The number of rotatable bonds is 6. The van der Waals surface area contributed by atoms with Crippen molar-refractivity contribution >= 4 is 5.69 Å². The Kier molecular flexibility index (Phi) is 5.57. The van der Waals surface area contributed by atoms with Gasteiger partial charge in [0.1, 0.15) is 17.6 Å².